The lowest BCUT2D eigenvalue weighted by molar-refractivity contribution is -0.120. The normalized spacial score (nSPS) is 18.7. The van der Waals surface area contributed by atoms with E-state index in [2.05, 4.69) is 5.32 Å². The maximum absolute atomic E-state index is 14.0. The number of carbonyl (C=O) groups excluding carboxylic acids is 1. The van der Waals surface area contributed by atoms with Crippen molar-refractivity contribution in [2.45, 2.75) is 23.5 Å². The molecule has 2 fully saturated rings. The Hall–Kier alpha value is -2.09. The number of anilines is 1. The van der Waals surface area contributed by atoms with Gasteiger partial charge in [-0.15, -0.1) is 0 Å². The van der Waals surface area contributed by atoms with Gasteiger partial charge in [-0.1, -0.05) is 17.7 Å². The summed E-state index contributed by atoms with van der Waals surface area (Å²) in [5.41, 5.74) is 0.378. The number of ether oxygens (including phenoxy) is 1. The molecule has 0 aromatic heterocycles. The number of morpholine rings is 1. The van der Waals surface area contributed by atoms with Gasteiger partial charge in [0.2, 0.25) is 26.0 Å². The molecule has 0 aliphatic carbocycles. The van der Waals surface area contributed by atoms with E-state index in [4.69, 9.17) is 16.3 Å². The second-order valence-electron chi connectivity index (χ2n) is 8.66. The van der Waals surface area contributed by atoms with Crippen LogP contribution < -0.4 is 5.32 Å². The third-order valence-corrected chi connectivity index (χ3v) is 10.4. The van der Waals surface area contributed by atoms with Gasteiger partial charge >= 0.3 is 0 Å². The highest BCUT2D eigenvalue weighted by molar-refractivity contribution is 7.89. The van der Waals surface area contributed by atoms with Crippen molar-refractivity contribution in [1.82, 2.24) is 8.61 Å². The zero-order valence-electron chi connectivity index (χ0n) is 19.4. The number of carbonyl (C=O) groups is 1. The number of nitrogens with zero attached hydrogens (tertiary/aromatic N) is 2. The number of hydrogen-bond donors (Lipinski definition) is 1. The molecule has 4 rings (SSSR count). The van der Waals surface area contributed by atoms with Gasteiger partial charge in [-0.2, -0.15) is 4.31 Å². The van der Waals surface area contributed by atoms with Crippen LogP contribution in [0.2, 0.25) is 5.02 Å². The van der Waals surface area contributed by atoms with Crippen molar-refractivity contribution in [3.63, 3.8) is 0 Å². The van der Waals surface area contributed by atoms with Crippen LogP contribution in [0.5, 0.6) is 0 Å². The van der Waals surface area contributed by atoms with Crippen LogP contribution in [0.25, 0.3) is 0 Å². The van der Waals surface area contributed by atoms with Crippen LogP contribution in [0, 0.1) is 11.7 Å². The lowest BCUT2D eigenvalue weighted by Gasteiger charge is -2.30. The summed E-state index contributed by atoms with van der Waals surface area (Å²) in [5.74, 6) is -1.91. The van der Waals surface area contributed by atoms with Gasteiger partial charge in [-0.3, -0.25) is 4.79 Å². The fourth-order valence-electron chi connectivity index (χ4n) is 4.23. The monoisotopic (exact) mass is 559 g/mol. The number of rotatable bonds is 7. The minimum absolute atomic E-state index is 0.0524. The van der Waals surface area contributed by atoms with Crippen molar-refractivity contribution in [2.24, 2.45) is 5.92 Å². The Balaban J connectivity index is 1.32. The van der Waals surface area contributed by atoms with Crippen LogP contribution in [-0.2, 0) is 35.3 Å². The number of amides is 1. The molecule has 0 atom stereocenters. The van der Waals surface area contributed by atoms with Gasteiger partial charge in [0.25, 0.3) is 0 Å². The summed E-state index contributed by atoms with van der Waals surface area (Å²) in [6, 6.07) is 9.97. The Labute approximate surface area is 215 Å². The molecule has 0 unspecified atom stereocenters. The van der Waals surface area contributed by atoms with Gasteiger partial charge in [0, 0.05) is 48.4 Å². The van der Waals surface area contributed by atoms with E-state index in [0.717, 1.165) is 6.07 Å². The van der Waals surface area contributed by atoms with E-state index in [1.165, 1.54) is 45.0 Å². The Bertz CT molecular complexity index is 1290. The van der Waals surface area contributed by atoms with Crippen LogP contribution in [0.15, 0.2) is 47.4 Å². The van der Waals surface area contributed by atoms with Gasteiger partial charge in [0.1, 0.15) is 5.82 Å². The second-order valence-corrected chi connectivity index (χ2v) is 13.0. The number of nitrogens with one attached hydrogen (secondary N) is 1. The van der Waals surface area contributed by atoms with Crippen molar-refractivity contribution < 1.29 is 30.8 Å². The summed E-state index contributed by atoms with van der Waals surface area (Å²) in [4.78, 5) is 12.9. The van der Waals surface area contributed by atoms with E-state index in [0.29, 0.717) is 44.8 Å². The molecule has 2 aliphatic rings. The van der Waals surface area contributed by atoms with E-state index in [9.17, 15) is 26.0 Å². The molecule has 36 heavy (non-hydrogen) atoms. The highest BCUT2D eigenvalue weighted by Gasteiger charge is 2.32. The number of benzene rings is 2. The summed E-state index contributed by atoms with van der Waals surface area (Å²) >= 11 is 5.97. The first-order chi connectivity index (χ1) is 17.1. The Morgan fingerprint density at radius 1 is 0.972 bits per heavy atom. The first-order valence-electron chi connectivity index (χ1n) is 11.5. The summed E-state index contributed by atoms with van der Waals surface area (Å²) < 4.78 is 72.9. The van der Waals surface area contributed by atoms with E-state index in [1.54, 1.807) is 0 Å². The van der Waals surface area contributed by atoms with Gasteiger partial charge in [-0.05, 0) is 49.2 Å². The first-order valence-corrected chi connectivity index (χ1v) is 14.9. The number of halogens is 2. The molecule has 0 saturated carbocycles. The first kappa shape index (κ1) is 27.0. The van der Waals surface area contributed by atoms with E-state index < -0.39 is 37.5 Å². The standard InChI is InChI=1S/C23H27ClFN3O6S2/c24-21-2-1-3-22(25)20(21)16-35(30,31)27-10-8-17(9-11-27)23(29)26-18-4-6-19(7-5-18)36(32,33)28-12-14-34-15-13-28/h1-7,17H,8-16H2,(H,26,29). The highest BCUT2D eigenvalue weighted by Crippen LogP contribution is 2.27. The van der Waals surface area contributed by atoms with E-state index >= 15 is 0 Å². The topological polar surface area (TPSA) is 113 Å². The maximum Gasteiger partial charge on any atom is 0.243 e. The van der Waals surface area contributed by atoms with Crippen molar-refractivity contribution >= 4 is 43.2 Å². The van der Waals surface area contributed by atoms with Gasteiger partial charge in [0.05, 0.1) is 23.9 Å². The maximum atomic E-state index is 14.0. The quantitative estimate of drug-likeness (QED) is 0.558. The molecule has 2 aliphatic heterocycles. The molecule has 2 aromatic rings. The SMILES string of the molecule is O=C(Nc1ccc(S(=O)(=O)N2CCOCC2)cc1)C1CCN(S(=O)(=O)Cc2c(F)cccc2Cl)CC1. The Morgan fingerprint density at radius 2 is 1.61 bits per heavy atom. The summed E-state index contributed by atoms with van der Waals surface area (Å²) in [6.07, 6.45) is 0.610. The third-order valence-electron chi connectivity index (χ3n) is 6.34. The van der Waals surface area contributed by atoms with Crippen LogP contribution in [-0.4, -0.2) is 70.7 Å². The Morgan fingerprint density at radius 3 is 2.22 bits per heavy atom. The molecule has 9 nitrogen and oxygen atoms in total. The number of piperidine rings is 1. The molecule has 13 heteroatoms. The van der Waals surface area contributed by atoms with Gasteiger partial charge in [0.15, 0.2) is 0 Å². The second kappa shape index (κ2) is 11.1. The zero-order chi connectivity index (χ0) is 25.9. The third kappa shape index (κ3) is 6.06. The molecule has 0 spiro atoms. The summed E-state index contributed by atoms with van der Waals surface area (Å²) in [7, 11) is -7.44. The molecule has 2 saturated heterocycles. The fraction of sp³-hybridized carbons (Fsp3) is 0.435. The molecular formula is C23H27ClFN3O6S2. The lowest BCUT2D eigenvalue weighted by atomic mass is 9.97. The fourth-order valence-corrected chi connectivity index (χ4v) is 7.56. The molecular weight excluding hydrogens is 533 g/mol. The summed E-state index contributed by atoms with van der Waals surface area (Å²) in [6.45, 7) is 1.55. The predicted octanol–water partition coefficient (Wildman–Crippen LogP) is 2.68. The number of sulfonamides is 2. The van der Waals surface area contributed by atoms with Gasteiger partial charge < -0.3 is 10.1 Å². The minimum Gasteiger partial charge on any atom is -0.379 e. The zero-order valence-corrected chi connectivity index (χ0v) is 21.8. The Kier molecular flexibility index (Phi) is 8.32. The molecule has 0 bridgehead atoms. The van der Waals surface area contributed by atoms with Crippen molar-refractivity contribution in [1.29, 1.82) is 0 Å². The lowest BCUT2D eigenvalue weighted by Crippen LogP contribution is -2.42. The molecule has 2 aromatic carbocycles. The molecule has 0 radical (unpaired) electrons. The van der Waals surface area contributed by atoms with Crippen molar-refractivity contribution in [2.75, 3.05) is 44.7 Å². The molecule has 196 valence electrons. The van der Waals surface area contributed by atoms with Crippen LogP contribution >= 0.6 is 11.6 Å². The number of hydrogen-bond acceptors (Lipinski definition) is 6. The van der Waals surface area contributed by atoms with Crippen LogP contribution in [0.3, 0.4) is 0 Å². The molecule has 1 N–H and O–H groups in total. The van der Waals surface area contributed by atoms with Crippen LogP contribution in [0.4, 0.5) is 10.1 Å². The predicted molar refractivity (Wildman–Crippen MR) is 133 cm³/mol. The van der Waals surface area contributed by atoms with Crippen LogP contribution in [0.1, 0.15) is 18.4 Å². The summed E-state index contributed by atoms with van der Waals surface area (Å²) in [5, 5.41) is 2.83. The molecule has 2 heterocycles. The van der Waals surface area contributed by atoms with Crippen molar-refractivity contribution in [3.05, 3.63) is 58.9 Å². The minimum atomic E-state index is -3.81. The largest absolute Gasteiger partial charge is 0.379 e. The van der Waals surface area contributed by atoms with E-state index in [1.807, 2.05) is 0 Å². The van der Waals surface area contributed by atoms with E-state index in [-0.39, 0.29) is 34.5 Å². The smallest absolute Gasteiger partial charge is 0.243 e. The molecule has 1 amide bonds. The van der Waals surface area contributed by atoms with Gasteiger partial charge in [-0.25, -0.2) is 25.5 Å². The average Bonchev–Trinajstić information content (AvgIpc) is 2.87. The highest BCUT2D eigenvalue weighted by atomic mass is 35.5. The van der Waals surface area contributed by atoms with Crippen molar-refractivity contribution in [3.8, 4) is 0 Å². The average molecular weight is 560 g/mol.